The van der Waals surface area contributed by atoms with E-state index >= 15 is 0 Å². The molecule has 3 amide bonds. The molecule has 1 fully saturated rings. The summed E-state index contributed by atoms with van der Waals surface area (Å²) < 4.78 is 10.6. The number of hydrogen-bond acceptors (Lipinski definition) is 7. The first-order valence-corrected chi connectivity index (χ1v) is 8.96. The standard InChI is InChI=1S/C19H22N2O7/c1-19(2,3)27-18(25)20-11-8-9-26-14(10-11)17(24)28-21-15(22)12-6-4-5-7-13(12)16(21)23/h4-7,11,14H,8-10H2,1-3H3,(H,20,25). The number of imide groups is 1. The van der Waals surface area contributed by atoms with E-state index in [-0.39, 0.29) is 30.2 Å². The van der Waals surface area contributed by atoms with Gasteiger partial charge in [-0.05, 0) is 39.3 Å². The van der Waals surface area contributed by atoms with E-state index < -0.39 is 35.6 Å². The van der Waals surface area contributed by atoms with Crippen LogP contribution in [-0.4, -0.2) is 53.3 Å². The number of hydrogen-bond donors (Lipinski definition) is 1. The van der Waals surface area contributed by atoms with E-state index in [9.17, 15) is 19.2 Å². The maximum atomic E-state index is 12.4. The molecule has 2 heterocycles. The minimum atomic E-state index is -1.02. The molecule has 9 nitrogen and oxygen atoms in total. The average Bonchev–Trinajstić information content (AvgIpc) is 2.85. The van der Waals surface area contributed by atoms with Crippen molar-refractivity contribution < 1.29 is 33.5 Å². The SMILES string of the molecule is CC(C)(C)OC(=O)NC1CCOC(C(=O)ON2C(=O)c3ccccc3C2=O)C1. The fraction of sp³-hybridized carbons (Fsp3) is 0.474. The summed E-state index contributed by atoms with van der Waals surface area (Å²) in [5, 5.41) is 3.13. The van der Waals surface area contributed by atoms with Gasteiger partial charge in [-0.25, -0.2) is 9.59 Å². The molecule has 1 N–H and O–H groups in total. The third-order valence-electron chi connectivity index (χ3n) is 4.21. The molecular formula is C19H22N2O7. The summed E-state index contributed by atoms with van der Waals surface area (Å²) in [6, 6.07) is 5.85. The van der Waals surface area contributed by atoms with E-state index in [1.54, 1.807) is 32.9 Å². The maximum absolute atomic E-state index is 12.4. The Kier molecular flexibility index (Phi) is 5.37. The Bertz CT molecular complexity index is 780. The first kappa shape index (κ1) is 19.8. The topological polar surface area (TPSA) is 111 Å². The molecule has 150 valence electrons. The number of carbonyl (C=O) groups excluding carboxylic acids is 4. The Balaban J connectivity index is 1.58. The van der Waals surface area contributed by atoms with Crippen molar-refractivity contribution in [1.82, 2.24) is 10.4 Å². The maximum Gasteiger partial charge on any atom is 0.407 e. The number of nitrogens with one attached hydrogen (secondary N) is 1. The first-order valence-electron chi connectivity index (χ1n) is 8.96. The number of benzene rings is 1. The van der Waals surface area contributed by atoms with E-state index in [0.29, 0.717) is 11.5 Å². The largest absolute Gasteiger partial charge is 0.444 e. The van der Waals surface area contributed by atoms with Crippen LogP contribution in [0.15, 0.2) is 24.3 Å². The molecule has 0 bridgehead atoms. The van der Waals surface area contributed by atoms with Crippen LogP contribution in [0.1, 0.15) is 54.3 Å². The van der Waals surface area contributed by atoms with Crippen LogP contribution in [0.3, 0.4) is 0 Å². The van der Waals surface area contributed by atoms with Crippen LogP contribution in [0.25, 0.3) is 0 Å². The van der Waals surface area contributed by atoms with Gasteiger partial charge >= 0.3 is 12.1 Å². The average molecular weight is 390 g/mol. The van der Waals surface area contributed by atoms with Crippen LogP contribution in [0.4, 0.5) is 4.79 Å². The Labute approximate surface area is 161 Å². The van der Waals surface area contributed by atoms with E-state index in [1.807, 2.05) is 0 Å². The zero-order valence-corrected chi connectivity index (χ0v) is 15.9. The number of alkyl carbamates (subject to hydrolysis) is 1. The lowest BCUT2D eigenvalue weighted by atomic mass is 10.0. The van der Waals surface area contributed by atoms with E-state index in [2.05, 4.69) is 5.32 Å². The number of fused-ring (bicyclic) bond motifs is 1. The molecule has 1 aromatic rings. The molecule has 2 aliphatic heterocycles. The van der Waals surface area contributed by atoms with Crippen molar-refractivity contribution in [3.63, 3.8) is 0 Å². The molecule has 0 spiro atoms. The van der Waals surface area contributed by atoms with Crippen molar-refractivity contribution in [3.05, 3.63) is 35.4 Å². The summed E-state index contributed by atoms with van der Waals surface area (Å²) in [5.41, 5.74) is -0.289. The lowest BCUT2D eigenvalue weighted by Crippen LogP contribution is -2.47. The third kappa shape index (κ3) is 4.30. The smallest absolute Gasteiger partial charge is 0.407 e. The van der Waals surface area contributed by atoms with Gasteiger partial charge in [0.15, 0.2) is 6.10 Å². The van der Waals surface area contributed by atoms with Crippen molar-refractivity contribution in [2.24, 2.45) is 0 Å². The molecule has 0 saturated carbocycles. The van der Waals surface area contributed by atoms with Gasteiger partial charge in [0.1, 0.15) is 5.60 Å². The Morgan fingerprint density at radius 1 is 1.14 bits per heavy atom. The predicted molar refractivity (Wildman–Crippen MR) is 95.2 cm³/mol. The molecule has 28 heavy (non-hydrogen) atoms. The van der Waals surface area contributed by atoms with Crippen LogP contribution in [0.5, 0.6) is 0 Å². The zero-order chi connectivity index (χ0) is 20.5. The summed E-state index contributed by atoms with van der Waals surface area (Å²) in [6.07, 6.45) is -0.970. The number of ether oxygens (including phenoxy) is 2. The molecule has 1 aromatic carbocycles. The van der Waals surface area contributed by atoms with Crippen LogP contribution >= 0.6 is 0 Å². The van der Waals surface area contributed by atoms with Gasteiger partial charge in [-0.15, -0.1) is 0 Å². The minimum Gasteiger partial charge on any atom is -0.444 e. The fourth-order valence-electron chi connectivity index (χ4n) is 2.97. The second-order valence-corrected chi connectivity index (χ2v) is 7.59. The number of amides is 3. The molecular weight excluding hydrogens is 368 g/mol. The molecule has 2 atom stereocenters. The highest BCUT2D eigenvalue weighted by Crippen LogP contribution is 2.24. The van der Waals surface area contributed by atoms with Crippen LogP contribution < -0.4 is 5.32 Å². The molecule has 0 radical (unpaired) electrons. The Morgan fingerprint density at radius 2 is 1.75 bits per heavy atom. The lowest BCUT2D eigenvalue weighted by Gasteiger charge is -2.30. The molecule has 0 aromatic heterocycles. The summed E-state index contributed by atoms with van der Waals surface area (Å²) in [5.74, 6) is -2.27. The molecule has 2 aliphatic rings. The Morgan fingerprint density at radius 3 is 2.32 bits per heavy atom. The second kappa shape index (κ2) is 7.59. The van der Waals surface area contributed by atoms with Gasteiger partial charge in [0.05, 0.1) is 11.1 Å². The van der Waals surface area contributed by atoms with Gasteiger partial charge in [-0.3, -0.25) is 9.59 Å². The Hall–Kier alpha value is -2.94. The van der Waals surface area contributed by atoms with E-state index in [4.69, 9.17) is 14.3 Å². The zero-order valence-electron chi connectivity index (χ0n) is 15.9. The normalized spacial score (nSPS) is 21.9. The quantitative estimate of drug-likeness (QED) is 0.784. The van der Waals surface area contributed by atoms with Crippen LogP contribution in [-0.2, 0) is 19.1 Å². The van der Waals surface area contributed by atoms with E-state index in [1.165, 1.54) is 12.1 Å². The third-order valence-corrected chi connectivity index (χ3v) is 4.21. The van der Waals surface area contributed by atoms with Gasteiger partial charge in [-0.2, -0.15) is 0 Å². The van der Waals surface area contributed by atoms with Gasteiger partial charge < -0.3 is 19.6 Å². The summed E-state index contributed by atoms with van der Waals surface area (Å²) in [7, 11) is 0. The van der Waals surface area contributed by atoms with Gasteiger partial charge in [0, 0.05) is 19.1 Å². The molecule has 1 saturated heterocycles. The van der Waals surface area contributed by atoms with Crippen molar-refractivity contribution in [3.8, 4) is 0 Å². The minimum absolute atomic E-state index is 0.140. The lowest BCUT2D eigenvalue weighted by molar-refractivity contribution is -0.185. The molecule has 9 heteroatoms. The number of rotatable bonds is 3. The molecule has 2 unspecified atom stereocenters. The summed E-state index contributed by atoms with van der Waals surface area (Å²) >= 11 is 0. The van der Waals surface area contributed by atoms with Crippen LogP contribution in [0.2, 0.25) is 0 Å². The predicted octanol–water partition coefficient (Wildman–Crippen LogP) is 1.81. The van der Waals surface area contributed by atoms with E-state index in [0.717, 1.165) is 0 Å². The highest BCUT2D eigenvalue weighted by molar-refractivity contribution is 6.20. The van der Waals surface area contributed by atoms with Crippen molar-refractivity contribution in [1.29, 1.82) is 0 Å². The van der Waals surface area contributed by atoms with Gasteiger partial charge in [0.2, 0.25) is 0 Å². The highest BCUT2D eigenvalue weighted by Gasteiger charge is 2.41. The number of hydroxylamine groups is 2. The monoisotopic (exact) mass is 390 g/mol. The fourth-order valence-corrected chi connectivity index (χ4v) is 2.97. The molecule has 0 aliphatic carbocycles. The number of nitrogens with zero attached hydrogens (tertiary/aromatic N) is 1. The van der Waals surface area contributed by atoms with Gasteiger partial charge in [0.25, 0.3) is 11.8 Å². The van der Waals surface area contributed by atoms with Gasteiger partial charge in [-0.1, -0.05) is 17.2 Å². The second-order valence-electron chi connectivity index (χ2n) is 7.59. The van der Waals surface area contributed by atoms with Crippen molar-refractivity contribution >= 4 is 23.9 Å². The molecule has 3 rings (SSSR count). The van der Waals surface area contributed by atoms with Crippen molar-refractivity contribution in [2.75, 3.05) is 6.61 Å². The van der Waals surface area contributed by atoms with Crippen molar-refractivity contribution in [2.45, 2.75) is 51.4 Å². The summed E-state index contributed by atoms with van der Waals surface area (Å²) in [4.78, 5) is 53.9. The number of carbonyl (C=O) groups is 4. The first-order chi connectivity index (χ1) is 13.2. The van der Waals surface area contributed by atoms with Crippen LogP contribution in [0, 0.1) is 0 Å². The summed E-state index contributed by atoms with van der Waals surface area (Å²) in [6.45, 7) is 5.46. The highest BCUT2D eigenvalue weighted by atomic mass is 16.7.